The SMILES string of the molecule is CCCC1(C2CCN(C(=O)c3ccc(CC(C)C)cc3)CC2)NC(=O)N(CC2CCCO2)C1=O. The number of rotatable bonds is 8. The highest BCUT2D eigenvalue weighted by Gasteiger charge is 2.55. The maximum Gasteiger partial charge on any atom is 0.325 e. The van der Waals surface area contributed by atoms with E-state index >= 15 is 0 Å². The lowest BCUT2D eigenvalue weighted by Gasteiger charge is -2.41. The molecule has 3 saturated heterocycles. The Morgan fingerprint density at radius 3 is 2.44 bits per heavy atom. The molecule has 3 heterocycles. The number of nitrogens with zero attached hydrogens (tertiary/aromatic N) is 2. The molecule has 0 radical (unpaired) electrons. The molecule has 1 N–H and O–H groups in total. The van der Waals surface area contributed by atoms with Crippen LogP contribution in [0.3, 0.4) is 0 Å². The number of carbonyl (C=O) groups is 3. The Hall–Kier alpha value is -2.41. The van der Waals surface area contributed by atoms with E-state index in [1.807, 2.05) is 36.1 Å². The van der Waals surface area contributed by atoms with Crippen LogP contribution in [0.5, 0.6) is 0 Å². The van der Waals surface area contributed by atoms with Crippen molar-refractivity contribution in [3.05, 3.63) is 35.4 Å². The first-order valence-electron chi connectivity index (χ1n) is 13.0. The van der Waals surface area contributed by atoms with Crippen LogP contribution in [0, 0.1) is 11.8 Å². The van der Waals surface area contributed by atoms with E-state index in [2.05, 4.69) is 19.2 Å². The average Bonchev–Trinajstić information content (AvgIpc) is 3.42. The zero-order valence-corrected chi connectivity index (χ0v) is 20.8. The van der Waals surface area contributed by atoms with Gasteiger partial charge in [0.05, 0.1) is 12.6 Å². The minimum Gasteiger partial charge on any atom is -0.376 e. The third-order valence-corrected chi connectivity index (χ3v) is 7.58. The molecule has 1 aromatic carbocycles. The number of benzene rings is 1. The topological polar surface area (TPSA) is 79.0 Å². The largest absolute Gasteiger partial charge is 0.376 e. The van der Waals surface area contributed by atoms with Gasteiger partial charge in [-0.25, -0.2) is 4.79 Å². The van der Waals surface area contributed by atoms with Crippen molar-refractivity contribution in [3.63, 3.8) is 0 Å². The molecular weight excluding hydrogens is 430 g/mol. The summed E-state index contributed by atoms with van der Waals surface area (Å²) in [5.41, 5.74) is 1.09. The molecule has 34 heavy (non-hydrogen) atoms. The number of likely N-dealkylation sites (tertiary alicyclic amines) is 1. The van der Waals surface area contributed by atoms with Crippen LogP contribution in [0.1, 0.15) is 75.2 Å². The van der Waals surface area contributed by atoms with Gasteiger partial charge in [0.2, 0.25) is 0 Å². The molecule has 2 atom stereocenters. The third-order valence-electron chi connectivity index (χ3n) is 7.58. The molecule has 0 aromatic heterocycles. The summed E-state index contributed by atoms with van der Waals surface area (Å²) in [5, 5.41) is 3.09. The number of hydrogen-bond donors (Lipinski definition) is 1. The van der Waals surface area contributed by atoms with Gasteiger partial charge in [-0.1, -0.05) is 39.3 Å². The molecule has 0 spiro atoms. The number of amides is 4. The molecule has 0 aliphatic carbocycles. The van der Waals surface area contributed by atoms with Gasteiger partial charge in [0.1, 0.15) is 5.54 Å². The second-order valence-corrected chi connectivity index (χ2v) is 10.6. The molecule has 7 heteroatoms. The number of carbonyl (C=O) groups excluding carboxylic acids is 3. The summed E-state index contributed by atoms with van der Waals surface area (Å²) in [5.74, 6) is 0.536. The van der Waals surface area contributed by atoms with Crippen molar-refractivity contribution in [2.75, 3.05) is 26.2 Å². The average molecular weight is 470 g/mol. The molecule has 0 saturated carbocycles. The number of ether oxygens (including phenoxy) is 1. The van der Waals surface area contributed by atoms with E-state index in [4.69, 9.17) is 4.74 Å². The lowest BCUT2D eigenvalue weighted by atomic mass is 9.74. The van der Waals surface area contributed by atoms with E-state index in [1.165, 1.54) is 10.5 Å². The van der Waals surface area contributed by atoms with Crippen molar-refractivity contribution in [1.82, 2.24) is 15.1 Å². The predicted octanol–water partition coefficient (Wildman–Crippen LogP) is 4.01. The van der Waals surface area contributed by atoms with Crippen molar-refractivity contribution in [3.8, 4) is 0 Å². The van der Waals surface area contributed by atoms with Crippen molar-refractivity contribution in [2.45, 2.75) is 77.4 Å². The molecule has 2 unspecified atom stereocenters. The summed E-state index contributed by atoms with van der Waals surface area (Å²) in [6, 6.07) is 7.65. The molecule has 7 nitrogen and oxygen atoms in total. The van der Waals surface area contributed by atoms with E-state index in [0.717, 1.165) is 25.7 Å². The highest BCUT2D eigenvalue weighted by Crippen LogP contribution is 2.37. The van der Waals surface area contributed by atoms with Crippen LogP contribution in [0.25, 0.3) is 0 Å². The summed E-state index contributed by atoms with van der Waals surface area (Å²) in [6.45, 7) is 8.64. The van der Waals surface area contributed by atoms with Gasteiger partial charge in [-0.15, -0.1) is 0 Å². The van der Waals surface area contributed by atoms with Crippen LogP contribution in [0.15, 0.2) is 24.3 Å². The molecule has 3 aliphatic heterocycles. The summed E-state index contributed by atoms with van der Waals surface area (Å²) >= 11 is 0. The van der Waals surface area contributed by atoms with Crippen molar-refractivity contribution < 1.29 is 19.1 Å². The van der Waals surface area contributed by atoms with Gasteiger partial charge in [0, 0.05) is 25.3 Å². The van der Waals surface area contributed by atoms with Crippen LogP contribution in [0.4, 0.5) is 4.79 Å². The zero-order valence-electron chi connectivity index (χ0n) is 20.8. The van der Waals surface area contributed by atoms with Gasteiger partial charge in [-0.3, -0.25) is 14.5 Å². The van der Waals surface area contributed by atoms with Gasteiger partial charge >= 0.3 is 6.03 Å². The first-order valence-corrected chi connectivity index (χ1v) is 13.0. The standard InChI is InChI=1S/C27H39N3O4/c1-4-13-27(25(32)30(26(33)28-27)18-23-6-5-16-34-23)22-11-14-29(15-12-22)24(31)21-9-7-20(8-10-21)17-19(2)3/h7-10,19,22-23H,4-6,11-18H2,1-3H3,(H,28,33). The second-order valence-electron chi connectivity index (χ2n) is 10.6. The van der Waals surface area contributed by atoms with E-state index < -0.39 is 5.54 Å². The van der Waals surface area contributed by atoms with Gasteiger partial charge in [0.25, 0.3) is 11.8 Å². The van der Waals surface area contributed by atoms with Gasteiger partial charge in [-0.2, -0.15) is 0 Å². The first kappa shape index (κ1) is 24.7. The smallest absolute Gasteiger partial charge is 0.325 e. The van der Waals surface area contributed by atoms with Crippen molar-refractivity contribution in [1.29, 1.82) is 0 Å². The molecular formula is C27H39N3O4. The molecule has 0 bridgehead atoms. The van der Waals surface area contributed by atoms with Gasteiger partial charge in [0.15, 0.2) is 0 Å². The fourth-order valence-electron chi connectivity index (χ4n) is 5.86. The molecule has 186 valence electrons. The second kappa shape index (κ2) is 10.5. The number of urea groups is 1. The van der Waals surface area contributed by atoms with Crippen LogP contribution in [0.2, 0.25) is 0 Å². The number of piperidine rings is 1. The van der Waals surface area contributed by atoms with E-state index in [1.54, 1.807) is 0 Å². The van der Waals surface area contributed by atoms with Crippen LogP contribution in [-0.2, 0) is 16.0 Å². The molecule has 3 aliphatic rings. The Balaban J connectivity index is 1.40. The Bertz CT molecular complexity index is 886. The number of imide groups is 1. The third kappa shape index (κ3) is 4.99. The van der Waals surface area contributed by atoms with Crippen LogP contribution in [-0.4, -0.2) is 65.5 Å². The monoisotopic (exact) mass is 469 g/mol. The van der Waals surface area contributed by atoms with Gasteiger partial charge in [-0.05, 0) is 68.1 Å². The molecule has 4 rings (SSSR count). The lowest BCUT2D eigenvalue weighted by Crippen LogP contribution is -2.56. The van der Waals surface area contributed by atoms with E-state index in [-0.39, 0.29) is 29.9 Å². The molecule has 3 fully saturated rings. The summed E-state index contributed by atoms with van der Waals surface area (Å²) < 4.78 is 5.68. The van der Waals surface area contributed by atoms with E-state index in [9.17, 15) is 14.4 Å². The first-order chi connectivity index (χ1) is 16.3. The molecule has 4 amide bonds. The fourth-order valence-corrected chi connectivity index (χ4v) is 5.86. The fraction of sp³-hybridized carbons (Fsp3) is 0.667. The number of hydrogen-bond acceptors (Lipinski definition) is 4. The van der Waals surface area contributed by atoms with Crippen molar-refractivity contribution >= 4 is 17.8 Å². The minimum atomic E-state index is -0.863. The van der Waals surface area contributed by atoms with Crippen LogP contribution >= 0.6 is 0 Å². The van der Waals surface area contributed by atoms with E-state index in [0.29, 0.717) is 57.0 Å². The minimum absolute atomic E-state index is 0.0239. The van der Waals surface area contributed by atoms with Gasteiger partial charge < -0.3 is 15.0 Å². The summed E-state index contributed by atoms with van der Waals surface area (Å²) in [7, 11) is 0. The number of nitrogens with one attached hydrogen (secondary N) is 1. The Kier molecular flexibility index (Phi) is 7.60. The Morgan fingerprint density at radius 1 is 1.15 bits per heavy atom. The maximum atomic E-state index is 13.6. The molecule has 1 aromatic rings. The zero-order chi connectivity index (χ0) is 24.3. The lowest BCUT2D eigenvalue weighted by molar-refractivity contribution is -0.135. The summed E-state index contributed by atoms with van der Waals surface area (Å²) in [4.78, 5) is 42.8. The Morgan fingerprint density at radius 2 is 1.85 bits per heavy atom. The quantitative estimate of drug-likeness (QED) is 0.584. The van der Waals surface area contributed by atoms with Crippen LogP contribution < -0.4 is 5.32 Å². The predicted molar refractivity (Wildman–Crippen MR) is 130 cm³/mol. The summed E-state index contributed by atoms with van der Waals surface area (Å²) in [6.07, 6.45) is 5.64. The van der Waals surface area contributed by atoms with Crippen molar-refractivity contribution in [2.24, 2.45) is 11.8 Å². The highest BCUT2D eigenvalue weighted by atomic mass is 16.5. The maximum absolute atomic E-state index is 13.6. The normalized spacial score (nSPS) is 25.9. The Labute approximate surface area is 203 Å². The highest BCUT2D eigenvalue weighted by molar-refractivity contribution is 6.07.